The van der Waals surface area contributed by atoms with Crippen LogP contribution in [0.3, 0.4) is 0 Å². The van der Waals surface area contributed by atoms with E-state index in [1.807, 2.05) is 26.0 Å². The number of nitrogens with zero attached hydrogens (tertiary/aromatic N) is 1. The molecule has 1 heterocycles. The first-order chi connectivity index (χ1) is 9.95. The molecule has 1 aliphatic heterocycles. The Kier molecular flexibility index (Phi) is 5.65. The van der Waals surface area contributed by atoms with Gasteiger partial charge in [0.15, 0.2) is 0 Å². The van der Waals surface area contributed by atoms with Gasteiger partial charge < -0.3 is 15.4 Å². The molecule has 1 saturated heterocycles. The van der Waals surface area contributed by atoms with Crippen molar-refractivity contribution in [2.24, 2.45) is 17.6 Å². The lowest BCUT2D eigenvalue weighted by Gasteiger charge is -2.22. The van der Waals surface area contributed by atoms with Gasteiger partial charge in [-0.15, -0.1) is 0 Å². The average molecular weight is 290 g/mol. The van der Waals surface area contributed by atoms with Crippen LogP contribution in [0.5, 0.6) is 5.75 Å². The second-order valence-electron chi connectivity index (χ2n) is 6.89. The third-order valence-corrected chi connectivity index (χ3v) is 4.39. The van der Waals surface area contributed by atoms with Crippen molar-refractivity contribution in [1.82, 2.24) is 4.90 Å². The molecule has 1 aromatic rings. The molecule has 2 unspecified atom stereocenters. The minimum Gasteiger partial charge on any atom is -0.491 e. The van der Waals surface area contributed by atoms with Gasteiger partial charge in [0, 0.05) is 19.1 Å². The Morgan fingerprint density at radius 1 is 1.19 bits per heavy atom. The number of hydrogen-bond donors (Lipinski definition) is 1. The molecule has 0 aliphatic carbocycles. The first-order valence-corrected chi connectivity index (χ1v) is 8.20. The first kappa shape index (κ1) is 16.3. The zero-order valence-electron chi connectivity index (χ0n) is 13.9. The fraction of sp³-hybridized carbons (Fsp3) is 0.667. The van der Waals surface area contributed by atoms with Gasteiger partial charge in [0.1, 0.15) is 5.75 Å². The molecule has 0 amide bonds. The van der Waals surface area contributed by atoms with Gasteiger partial charge in [0.2, 0.25) is 0 Å². The molecule has 0 aromatic heterocycles. The van der Waals surface area contributed by atoms with Gasteiger partial charge in [-0.05, 0) is 56.3 Å². The summed E-state index contributed by atoms with van der Waals surface area (Å²) in [5.41, 5.74) is 7.56. The summed E-state index contributed by atoms with van der Waals surface area (Å²) in [6.07, 6.45) is 1.52. The van der Waals surface area contributed by atoms with Crippen LogP contribution in [0.1, 0.15) is 45.7 Å². The maximum atomic E-state index is 6.37. The standard InChI is InChI=1S/C18H30N2O/c1-13(2)16-9-10-20(11-16)12-18(19)15-5-7-17(8-6-15)21-14(3)4/h5-8,13-14,16,18H,9-12,19H2,1-4H3. The second-order valence-corrected chi connectivity index (χ2v) is 6.89. The second kappa shape index (κ2) is 7.28. The van der Waals surface area contributed by atoms with Crippen molar-refractivity contribution in [2.75, 3.05) is 19.6 Å². The highest BCUT2D eigenvalue weighted by Crippen LogP contribution is 2.25. The topological polar surface area (TPSA) is 38.5 Å². The molecule has 3 heteroatoms. The predicted octanol–water partition coefficient (Wildman–Crippen LogP) is 3.45. The Morgan fingerprint density at radius 2 is 1.86 bits per heavy atom. The molecule has 118 valence electrons. The minimum atomic E-state index is 0.0870. The Labute approximate surface area is 129 Å². The van der Waals surface area contributed by atoms with E-state index >= 15 is 0 Å². The van der Waals surface area contributed by atoms with Crippen LogP contribution in [0.2, 0.25) is 0 Å². The molecule has 1 aromatic carbocycles. The van der Waals surface area contributed by atoms with Gasteiger partial charge in [0.25, 0.3) is 0 Å². The van der Waals surface area contributed by atoms with E-state index in [1.54, 1.807) is 0 Å². The number of likely N-dealkylation sites (tertiary alicyclic amines) is 1. The smallest absolute Gasteiger partial charge is 0.119 e. The van der Waals surface area contributed by atoms with Crippen molar-refractivity contribution in [1.29, 1.82) is 0 Å². The van der Waals surface area contributed by atoms with Crippen molar-refractivity contribution in [3.05, 3.63) is 29.8 Å². The van der Waals surface area contributed by atoms with E-state index in [2.05, 4.69) is 30.9 Å². The Hall–Kier alpha value is -1.06. The van der Waals surface area contributed by atoms with Crippen LogP contribution in [-0.4, -0.2) is 30.6 Å². The molecule has 1 fully saturated rings. The molecule has 2 N–H and O–H groups in total. The molecule has 1 aliphatic rings. The fourth-order valence-corrected chi connectivity index (χ4v) is 3.02. The molecule has 21 heavy (non-hydrogen) atoms. The van der Waals surface area contributed by atoms with Gasteiger partial charge in [-0.2, -0.15) is 0 Å². The maximum absolute atomic E-state index is 6.37. The molecule has 2 rings (SSSR count). The molecule has 3 nitrogen and oxygen atoms in total. The third kappa shape index (κ3) is 4.72. The average Bonchev–Trinajstić information content (AvgIpc) is 2.87. The number of rotatable bonds is 6. The van der Waals surface area contributed by atoms with Crippen molar-refractivity contribution in [3.63, 3.8) is 0 Å². The monoisotopic (exact) mass is 290 g/mol. The summed E-state index contributed by atoms with van der Waals surface area (Å²) in [4.78, 5) is 2.51. The van der Waals surface area contributed by atoms with Gasteiger partial charge in [-0.1, -0.05) is 26.0 Å². The molecule has 0 radical (unpaired) electrons. The van der Waals surface area contributed by atoms with E-state index in [0.29, 0.717) is 0 Å². The maximum Gasteiger partial charge on any atom is 0.119 e. The van der Waals surface area contributed by atoms with Gasteiger partial charge in [-0.25, -0.2) is 0 Å². The third-order valence-electron chi connectivity index (χ3n) is 4.39. The van der Waals surface area contributed by atoms with Crippen molar-refractivity contribution in [2.45, 2.75) is 46.3 Å². The van der Waals surface area contributed by atoms with E-state index in [0.717, 1.165) is 24.1 Å². The zero-order chi connectivity index (χ0) is 15.4. The van der Waals surface area contributed by atoms with Crippen molar-refractivity contribution in [3.8, 4) is 5.75 Å². The zero-order valence-corrected chi connectivity index (χ0v) is 13.9. The predicted molar refractivity (Wildman–Crippen MR) is 88.5 cm³/mol. The lowest BCUT2D eigenvalue weighted by atomic mass is 9.95. The van der Waals surface area contributed by atoms with Gasteiger partial charge >= 0.3 is 0 Å². The molecule has 2 atom stereocenters. The highest BCUT2D eigenvalue weighted by Gasteiger charge is 2.25. The number of nitrogens with two attached hydrogens (primary N) is 1. The fourth-order valence-electron chi connectivity index (χ4n) is 3.02. The van der Waals surface area contributed by atoms with E-state index in [9.17, 15) is 0 Å². The Morgan fingerprint density at radius 3 is 2.38 bits per heavy atom. The Balaban J connectivity index is 1.87. The van der Waals surface area contributed by atoms with Crippen LogP contribution in [0.15, 0.2) is 24.3 Å². The molecule has 0 saturated carbocycles. The summed E-state index contributed by atoms with van der Waals surface area (Å²) in [7, 11) is 0. The van der Waals surface area contributed by atoms with Crippen LogP contribution in [0.25, 0.3) is 0 Å². The highest BCUT2D eigenvalue weighted by molar-refractivity contribution is 5.29. The summed E-state index contributed by atoms with van der Waals surface area (Å²) >= 11 is 0. The molecule has 0 spiro atoms. The first-order valence-electron chi connectivity index (χ1n) is 8.20. The molecule has 0 bridgehead atoms. The lowest BCUT2D eigenvalue weighted by Crippen LogP contribution is -2.31. The molecular formula is C18H30N2O. The number of ether oxygens (including phenoxy) is 1. The van der Waals surface area contributed by atoms with Gasteiger partial charge in [0.05, 0.1) is 6.10 Å². The van der Waals surface area contributed by atoms with Gasteiger partial charge in [-0.3, -0.25) is 0 Å². The number of hydrogen-bond acceptors (Lipinski definition) is 3. The van der Waals surface area contributed by atoms with Crippen LogP contribution < -0.4 is 10.5 Å². The van der Waals surface area contributed by atoms with Crippen molar-refractivity contribution < 1.29 is 4.74 Å². The Bertz CT molecular complexity index is 427. The summed E-state index contributed by atoms with van der Waals surface area (Å²) < 4.78 is 5.67. The van der Waals surface area contributed by atoms with E-state index < -0.39 is 0 Å². The quantitative estimate of drug-likeness (QED) is 0.872. The van der Waals surface area contributed by atoms with E-state index in [4.69, 9.17) is 10.5 Å². The highest BCUT2D eigenvalue weighted by atomic mass is 16.5. The summed E-state index contributed by atoms with van der Waals surface area (Å²) in [6, 6.07) is 8.33. The largest absolute Gasteiger partial charge is 0.491 e. The van der Waals surface area contributed by atoms with Crippen LogP contribution in [0.4, 0.5) is 0 Å². The lowest BCUT2D eigenvalue weighted by molar-refractivity contribution is 0.242. The van der Waals surface area contributed by atoms with E-state index in [1.165, 1.54) is 25.1 Å². The summed E-state index contributed by atoms with van der Waals surface area (Å²) in [5, 5.41) is 0. The van der Waals surface area contributed by atoms with Crippen LogP contribution >= 0.6 is 0 Å². The number of benzene rings is 1. The van der Waals surface area contributed by atoms with Crippen LogP contribution in [-0.2, 0) is 0 Å². The van der Waals surface area contributed by atoms with E-state index in [-0.39, 0.29) is 12.1 Å². The minimum absolute atomic E-state index is 0.0870. The normalized spacial score (nSPS) is 21.2. The molecular weight excluding hydrogens is 260 g/mol. The summed E-state index contributed by atoms with van der Waals surface area (Å²) in [5.74, 6) is 2.53. The van der Waals surface area contributed by atoms with Crippen LogP contribution in [0, 0.1) is 11.8 Å². The summed E-state index contributed by atoms with van der Waals surface area (Å²) in [6.45, 7) is 12.1. The SMILES string of the molecule is CC(C)Oc1ccc(C(N)CN2CCC(C(C)C)C2)cc1. The van der Waals surface area contributed by atoms with Crippen molar-refractivity contribution >= 4 is 0 Å².